The molecule has 0 radical (unpaired) electrons. The van der Waals surface area contributed by atoms with Crippen molar-refractivity contribution in [2.24, 2.45) is 5.14 Å². The van der Waals surface area contributed by atoms with Gasteiger partial charge >= 0.3 is 0 Å². The van der Waals surface area contributed by atoms with Crippen LogP contribution in [0.5, 0.6) is 11.5 Å². The molecule has 132 valence electrons. The summed E-state index contributed by atoms with van der Waals surface area (Å²) in [6.07, 6.45) is 0. The van der Waals surface area contributed by atoms with Crippen LogP contribution in [0.2, 0.25) is 0 Å². The van der Waals surface area contributed by atoms with Crippen molar-refractivity contribution in [1.29, 1.82) is 0 Å². The van der Waals surface area contributed by atoms with Crippen LogP contribution < -0.4 is 14.6 Å². The van der Waals surface area contributed by atoms with E-state index >= 15 is 0 Å². The second-order valence-electron chi connectivity index (χ2n) is 5.77. The predicted octanol–water partition coefficient (Wildman–Crippen LogP) is 1.90. The van der Waals surface area contributed by atoms with Crippen LogP contribution in [-0.2, 0) is 10.0 Å². The highest BCUT2D eigenvalue weighted by atomic mass is 32.2. The Morgan fingerprint density at radius 1 is 1.12 bits per heavy atom. The summed E-state index contributed by atoms with van der Waals surface area (Å²) in [4.78, 5) is 14.3. The van der Waals surface area contributed by atoms with Crippen molar-refractivity contribution in [2.45, 2.75) is 17.9 Å². The van der Waals surface area contributed by atoms with Gasteiger partial charge in [0.25, 0.3) is 5.91 Å². The molecule has 0 unspecified atom stereocenters. The van der Waals surface area contributed by atoms with Crippen LogP contribution in [0.15, 0.2) is 47.4 Å². The lowest BCUT2D eigenvalue weighted by atomic mass is 10.1. The number of carbonyl (C=O) groups excluding carboxylic acids is 1. The molecule has 0 fully saturated rings. The third-order valence-corrected chi connectivity index (χ3v) is 5.14. The number of carbonyl (C=O) groups is 1. The summed E-state index contributed by atoms with van der Waals surface area (Å²) in [7, 11) is -2.05. The van der Waals surface area contributed by atoms with Crippen molar-refractivity contribution in [1.82, 2.24) is 4.90 Å². The molecule has 1 heterocycles. The van der Waals surface area contributed by atoms with E-state index in [1.54, 1.807) is 42.3 Å². The maximum absolute atomic E-state index is 12.7. The number of sulfonamides is 1. The zero-order chi connectivity index (χ0) is 18.2. The minimum Gasteiger partial charge on any atom is -0.454 e. The van der Waals surface area contributed by atoms with Gasteiger partial charge in [-0.2, -0.15) is 0 Å². The summed E-state index contributed by atoms with van der Waals surface area (Å²) < 4.78 is 33.2. The van der Waals surface area contributed by atoms with E-state index in [0.29, 0.717) is 17.1 Å². The summed E-state index contributed by atoms with van der Waals surface area (Å²) in [5.74, 6) is 0.983. The van der Waals surface area contributed by atoms with Gasteiger partial charge in [-0.25, -0.2) is 13.6 Å². The number of ether oxygens (including phenoxy) is 2. The lowest BCUT2D eigenvalue weighted by Gasteiger charge is -2.25. The zero-order valence-corrected chi connectivity index (χ0v) is 14.6. The molecule has 0 saturated heterocycles. The van der Waals surface area contributed by atoms with Gasteiger partial charge in [0, 0.05) is 12.6 Å². The Balaban J connectivity index is 1.79. The fourth-order valence-corrected chi connectivity index (χ4v) is 3.08. The van der Waals surface area contributed by atoms with Crippen LogP contribution in [0.3, 0.4) is 0 Å². The summed E-state index contributed by atoms with van der Waals surface area (Å²) >= 11 is 0. The van der Waals surface area contributed by atoms with Gasteiger partial charge in [-0.15, -0.1) is 0 Å². The third kappa shape index (κ3) is 3.45. The first-order chi connectivity index (χ1) is 11.8. The van der Waals surface area contributed by atoms with Crippen molar-refractivity contribution in [3.8, 4) is 11.5 Å². The number of rotatable bonds is 4. The van der Waals surface area contributed by atoms with Crippen LogP contribution >= 0.6 is 0 Å². The summed E-state index contributed by atoms with van der Waals surface area (Å²) in [5.41, 5.74) is 1.28. The van der Waals surface area contributed by atoms with Crippen molar-refractivity contribution >= 4 is 15.9 Å². The molecule has 0 aliphatic carbocycles. The molecule has 7 nitrogen and oxygen atoms in total. The van der Waals surface area contributed by atoms with Gasteiger partial charge in [0.05, 0.1) is 10.9 Å². The standard InChI is InChI=1S/C17H18N2O5S/c1-11(12-3-6-14(7-4-12)25(18,21)22)19(2)17(20)13-5-8-15-16(9-13)24-10-23-15/h3-9,11H,10H2,1-2H3,(H2,18,21,22)/t11-/m1/s1. The van der Waals surface area contributed by atoms with E-state index in [1.165, 1.54) is 12.1 Å². The largest absolute Gasteiger partial charge is 0.454 e. The molecule has 3 rings (SSSR count). The van der Waals surface area contributed by atoms with E-state index < -0.39 is 10.0 Å². The monoisotopic (exact) mass is 362 g/mol. The predicted molar refractivity (Wildman–Crippen MR) is 90.9 cm³/mol. The smallest absolute Gasteiger partial charge is 0.254 e. The van der Waals surface area contributed by atoms with Gasteiger partial charge in [0.2, 0.25) is 16.8 Å². The minimum absolute atomic E-state index is 0.0354. The van der Waals surface area contributed by atoms with Crippen molar-refractivity contribution < 1.29 is 22.7 Å². The number of nitrogens with two attached hydrogens (primary N) is 1. The molecule has 1 amide bonds. The molecule has 25 heavy (non-hydrogen) atoms. The molecular weight excluding hydrogens is 344 g/mol. The summed E-state index contributed by atoms with van der Waals surface area (Å²) in [6, 6.07) is 10.9. The van der Waals surface area contributed by atoms with Gasteiger partial charge < -0.3 is 14.4 Å². The average Bonchev–Trinajstić information content (AvgIpc) is 3.06. The Hall–Kier alpha value is -2.58. The number of primary sulfonamides is 1. The highest BCUT2D eigenvalue weighted by molar-refractivity contribution is 7.89. The van der Waals surface area contributed by atoms with Crippen molar-refractivity contribution in [3.63, 3.8) is 0 Å². The van der Waals surface area contributed by atoms with Gasteiger partial charge in [0.1, 0.15) is 0 Å². The Kier molecular flexibility index (Phi) is 4.40. The first-order valence-electron chi connectivity index (χ1n) is 7.57. The van der Waals surface area contributed by atoms with E-state index in [1.807, 2.05) is 6.92 Å². The number of hydrogen-bond acceptors (Lipinski definition) is 5. The molecule has 0 aromatic heterocycles. The maximum atomic E-state index is 12.7. The normalized spacial score (nSPS) is 14.2. The Labute approximate surface area is 146 Å². The van der Waals surface area contributed by atoms with Gasteiger partial charge in [0.15, 0.2) is 11.5 Å². The SMILES string of the molecule is C[C@H](c1ccc(S(N)(=O)=O)cc1)N(C)C(=O)c1ccc2c(c1)OCO2. The average molecular weight is 362 g/mol. The molecule has 0 bridgehead atoms. The van der Waals surface area contributed by atoms with Crippen molar-refractivity contribution in [2.75, 3.05) is 13.8 Å². The quantitative estimate of drug-likeness (QED) is 0.895. The van der Waals surface area contributed by atoms with E-state index in [2.05, 4.69) is 0 Å². The second kappa shape index (κ2) is 6.38. The van der Waals surface area contributed by atoms with Crippen LogP contribution in [0.4, 0.5) is 0 Å². The molecular formula is C17H18N2O5S. The molecule has 2 aromatic rings. The highest BCUT2D eigenvalue weighted by Gasteiger charge is 2.22. The third-order valence-electron chi connectivity index (χ3n) is 4.21. The van der Waals surface area contributed by atoms with Gasteiger partial charge in [-0.3, -0.25) is 4.79 Å². The molecule has 0 spiro atoms. The fourth-order valence-electron chi connectivity index (χ4n) is 2.57. The van der Waals surface area contributed by atoms with Crippen LogP contribution in [-0.4, -0.2) is 33.1 Å². The molecule has 2 N–H and O–H groups in total. The minimum atomic E-state index is -3.74. The number of fused-ring (bicyclic) bond motifs is 1. The first kappa shape index (κ1) is 17.2. The van der Waals surface area contributed by atoms with Crippen molar-refractivity contribution in [3.05, 3.63) is 53.6 Å². The fraction of sp³-hybridized carbons (Fsp3) is 0.235. The first-order valence-corrected chi connectivity index (χ1v) is 9.11. The molecule has 2 aromatic carbocycles. The van der Waals surface area contributed by atoms with E-state index in [9.17, 15) is 13.2 Å². The Morgan fingerprint density at radius 2 is 1.76 bits per heavy atom. The van der Waals surface area contributed by atoms with Gasteiger partial charge in [-0.05, 0) is 42.8 Å². The van der Waals surface area contributed by atoms with Crippen LogP contribution in [0, 0.1) is 0 Å². The Bertz CT molecular complexity index is 909. The number of hydrogen-bond donors (Lipinski definition) is 1. The van der Waals surface area contributed by atoms with E-state index in [4.69, 9.17) is 14.6 Å². The lowest BCUT2D eigenvalue weighted by molar-refractivity contribution is 0.0742. The number of nitrogens with zero attached hydrogens (tertiary/aromatic N) is 1. The number of amides is 1. The lowest BCUT2D eigenvalue weighted by Crippen LogP contribution is -2.29. The maximum Gasteiger partial charge on any atom is 0.254 e. The zero-order valence-electron chi connectivity index (χ0n) is 13.8. The van der Waals surface area contributed by atoms with Gasteiger partial charge in [-0.1, -0.05) is 12.1 Å². The second-order valence-corrected chi connectivity index (χ2v) is 7.34. The Morgan fingerprint density at radius 3 is 2.40 bits per heavy atom. The topological polar surface area (TPSA) is 98.9 Å². The van der Waals surface area contributed by atoms with Crippen LogP contribution in [0.1, 0.15) is 28.9 Å². The summed E-state index contributed by atoms with van der Waals surface area (Å²) in [6.45, 7) is 2.01. The molecule has 1 aliphatic heterocycles. The molecule has 1 aliphatic rings. The summed E-state index contributed by atoms with van der Waals surface area (Å²) in [5, 5.41) is 5.10. The van der Waals surface area contributed by atoms with E-state index in [0.717, 1.165) is 5.56 Å². The highest BCUT2D eigenvalue weighted by Crippen LogP contribution is 2.33. The van der Waals surface area contributed by atoms with E-state index in [-0.39, 0.29) is 23.6 Å². The molecule has 8 heteroatoms. The molecule has 1 atom stereocenters. The van der Waals surface area contributed by atoms with Crippen LogP contribution in [0.25, 0.3) is 0 Å². The molecule has 0 saturated carbocycles. The number of benzene rings is 2.